The second-order valence-electron chi connectivity index (χ2n) is 4.10. The number of hydrogen-bond acceptors (Lipinski definition) is 4. The van der Waals surface area contributed by atoms with Crippen LogP contribution in [-0.4, -0.2) is 17.9 Å². The van der Waals surface area contributed by atoms with Crippen LogP contribution in [0.15, 0.2) is 42.6 Å². The third-order valence-electron chi connectivity index (χ3n) is 3.05. The highest BCUT2D eigenvalue weighted by Crippen LogP contribution is 2.36. The van der Waals surface area contributed by atoms with E-state index in [-0.39, 0.29) is 5.91 Å². The monoisotopic (exact) mass is 240 g/mol. The van der Waals surface area contributed by atoms with Crippen molar-refractivity contribution in [1.29, 1.82) is 0 Å². The number of nitrogens with two attached hydrogens (primary N) is 1. The van der Waals surface area contributed by atoms with Gasteiger partial charge in [-0.1, -0.05) is 12.1 Å². The third-order valence-corrected chi connectivity index (χ3v) is 3.05. The van der Waals surface area contributed by atoms with Gasteiger partial charge in [-0.25, -0.2) is 10.8 Å². The number of fused-ring (bicyclic) bond motifs is 2. The van der Waals surface area contributed by atoms with E-state index in [0.29, 0.717) is 11.4 Å². The summed E-state index contributed by atoms with van der Waals surface area (Å²) in [6.07, 6.45) is 1.62. The SMILES string of the molecule is CN1C(=O)c2cccnc2N(N)c2ccccc21. The Balaban J connectivity index is 2.31. The van der Waals surface area contributed by atoms with Crippen LogP contribution in [0, 0.1) is 0 Å². The normalized spacial score (nSPS) is 14.0. The minimum Gasteiger partial charge on any atom is -0.309 e. The molecule has 1 aromatic carbocycles. The molecule has 0 fully saturated rings. The second kappa shape index (κ2) is 3.82. The number of hydrazine groups is 1. The Kier molecular flexibility index (Phi) is 2.28. The minimum atomic E-state index is -0.112. The number of aromatic nitrogens is 1. The van der Waals surface area contributed by atoms with Crippen molar-refractivity contribution < 1.29 is 4.79 Å². The fraction of sp³-hybridized carbons (Fsp3) is 0.0769. The molecule has 2 heterocycles. The molecule has 1 aromatic heterocycles. The summed E-state index contributed by atoms with van der Waals surface area (Å²) in [6.45, 7) is 0. The molecule has 1 amide bonds. The van der Waals surface area contributed by atoms with Crippen molar-refractivity contribution in [3.8, 4) is 0 Å². The number of carbonyl (C=O) groups excluding carboxylic acids is 1. The van der Waals surface area contributed by atoms with E-state index in [9.17, 15) is 4.79 Å². The summed E-state index contributed by atoms with van der Waals surface area (Å²) in [5.74, 6) is 6.43. The van der Waals surface area contributed by atoms with E-state index in [2.05, 4.69) is 4.98 Å². The zero-order valence-corrected chi connectivity index (χ0v) is 9.87. The lowest BCUT2D eigenvalue weighted by molar-refractivity contribution is 0.0994. The maximum absolute atomic E-state index is 12.3. The van der Waals surface area contributed by atoms with Gasteiger partial charge >= 0.3 is 0 Å². The molecular weight excluding hydrogens is 228 g/mol. The van der Waals surface area contributed by atoms with E-state index in [0.717, 1.165) is 11.4 Å². The highest BCUT2D eigenvalue weighted by atomic mass is 16.2. The first kappa shape index (κ1) is 10.7. The van der Waals surface area contributed by atoms with E-state index in [1.165, 1.54) is 5.01 Å². The van der Waals surface area contributed by atoms with Gasteiger partial charge in [0.25, 0.3) is 5.91 Å². The van der Waals surface area contributed by atoms with Crippen LogP contribution in [0.4, 0.5) is 17.2 Å². The molecule has 0 unspecified atom stereocenters. The summed E-state index contributed by atoms with van der Waals surface area (Å²) in [6, 6.07) is 10.9. The molecule has 0 spiro atoms. The van der Waals surface area contributed by atoms with Crippen LogP contribution in [0.25, 0.3) is 0 Å². The van der Waals surface area contributed by atoms with E-state index in [4.69, 9.17) is 5.84 Å². The Labute approximate surface area is 104 Å². The number of carbonyl (C=O) groups is 1. The maximum atomic E-state index is 12.3. The molecule has 1 aliphatic rings. The fourth-order valence-electron chi connectivity index (χ4n) is 2.11. The molecule has 1 aliphatic heterocycles. The van der Waals surface area contributed by atoms with Gasteiger partial charge in [-0.3, -0.25) is 9.80 Å². The lowest BCUT2D eigenvalue weighted by Gasteiger charge is -2.20. The molecule has 3 rings (SSSR count). The van der Waals surface area contributed by atoms with E-state index >= 15 is 0 Å². The van der Waals surface area contributed by atoms with Gasteiger partial charge in [-0.05, 0) is 24.3 Å². The summed E-state index contributed by atoms with van der Waals surface area (Å²) in [5.41, 5.74) is 2.02. The van der Waals surface area contributed by atoms with E-state index in [1.54, 1.807) is 30.3 Å². The number of amides is 1. The first-order valence-corrected chi connectivity index (χ1v) is 5.57. The summed E-state index contributed by atoms with van der Waals surface area (Å²) in [4.78, 5) is 18.1. The highest BCUT2D eigenvalue weighted by Gasteiger charge is 2.27. The number of pyridine rings is 1. The standard InChI is InChI=1S/C13H12N4O/c1-16-10-6-2-3-7-11(10)17(14)12-9(13(16)18)5-4-8-15-12/h2-8H,14H2,1H3. The number of anilines is 3. The summed E-state index contributed by atoms with van der Waals surface area (Å²) in [5, 5.41) is 1.45. The first-order valence-electron chi connectivity index (χ1n) is 5.57. The molecule has 0 bridgehead atoms. The molecule has 5 nitrogen and oxygen atoms in total. The summed E-state index contributed by atoms with van der Waals surface area (Å²) < 4.78 is 0. The second-order valence-corrected chi connectivity index (χ2v) is 4.10. The Morgan fingerprint density at radius 1 is 1.11 bits per heavy atom. The molecule has 0 saturated heterocycles. The van der Waals surface area contributed by atoms with Crippen molar-refractivity contribution in [3.05, 3.63) is 48.2 Å². The topological polar surface area (TPSA) is 62.5 Å². The zero-order valence-electron chi connectivity index (χ0n) is 9.87. The van der Waals surface area contributed by atoms with E-state index < -0.39 is 0 Å². The van der Waals surface area contributed by atoms with Gasteiger partial charge in [0.2, 0.25) is 0 Å². The molecule has 2 N–H and O–H groups in total. The van der Waals surface area contributed by atoms with Crippen LogP contribution >= 0.6 is 0 Å². The molecular formula is C13H12N4O. The van der Waals surface area contributed by atoms with Crippen molar-refractivity contribution in [2.75, 3.05) is 17.0 Å². The van der Waals surface area contributed by atoms with Crippen LogP contribution in [0.3, 0.4) is 0 Å². The lowest BCUT2D eigenvalue weighted by Crippen LogP contribution is -2.26. The smallest absolute Gasteiger partial charge is 0.261 e. The number of para-hydroxylation sites is 2. The van der Waals surface area contributed by atoms with E-state index in [1.807, 2.05) is 24.3 Å². The van der Waals surface area contributed by atoms with Gasteiger partial charge in [0.05, 0.1) is 16.9 Å². The van der Waals surface area contributed by atoms with Crippen LogP contribution in [0.5, 0.6) is 0 Å². The maximum Gasteiger partial charge on any atom is 0.261 e. The molecule has 5 heteroatoms. The molecule has 0 aliphatic carbocycles. The fourth-order valence-corrected chi connectivity index (χ4v) is 2.11. The van der Waals surface area contributed by atoms with Crippen LogP contribution in [0.1, 0.15) is 10.4 Å². The Bertz CT molecular complexity index is 626. The van der Waals surface area contributed by atoms with Crippen molar-refractivity contribution in [3.63, 3.8) is 0 Å². The number of hydrogen-bond donors (Lipinski definition) is 1. The highest BCUT2D eigenvalue weighted by molar-refractivity contribution is 6.12. The Morgan fingerprint density at radius 3 is 2.61 bits per heavy atom. The minimum absolute atomic E-state index is 0.112. The number of rotatable bonds is 0. The van der Waals surface area contributed by atoms with Gasteiger partial charge in [0, 0.05) is 13.2 Å². The molecule has 18 heavy (non-hydrogen) atoms. The Morgan fingerprint density at radius 2 is 1.83 bits per heavy atom. The van der Waals surface area contributed by atoms with Gasteiger partial charge in [0.15, 0.2) is 5.82 Å². The molecule has 0 radical (unpaired) electrons. The van der Waals surface area contributed by atoms with Crippen LogP contribution < -0.4 is 15.8 Å². The third kappa shape index (κ3) is 1.38. The molecule has 90 valence electrons. The van der Waals surface area contributed by atoms with Crippen molar-refractivity contribution >= 4 is 23.1 Å². The van der Waals surface area contributed by atoms with Crippen LogP contribution in [0.2, 0.25) is 0 Å². The molecule has 0 saturated carbocycles. The summed E-state index contributed by atoms with van der Waals surface area (Å²) in [7, 11) is 1.73. The molecule has 0 atom stereocenters. The average Bonchev–Trinajstić information content (AvgIpc) is 2.51. The van der Waals surface area contributed by atoms with Crippen LogP contribution in [-0.2, 0) is 0 Å². The van der Waals surface area contributed by atoms with Gasteiger partial charge in [-0.15, -0.1) is 0 Å². The summed E-state index contributed by atoms with van der Waals surface area (Å²) >= 11 is 0. The van der Waals surface area contributed by atoms with Gasteiger partial charge in [-0.2, -0.15) is 0 Å². The van der Waals surface area contributed by atoms with Crippen molar-refractivity contribution in [2.24, 2.45) is 5.84 Å². The van der Waals surface area contributed by atoms with Crippen molar-refractivity contribution in [2.45, 2.75) is 0 Å². The largest absolute Gasteiger partial charge is 0.309 e. The van der Waals surface area contributed by atoms with Gasteiger partial charge < -0.3 is 4.90 Å². The Hall–Kier alpha value is -2.40. The van der Waals surface area contributed by atoms with Gasteiger partial charge in [0.1, 0.15) is 0 Å². The number of nitrogens with zero attached hydrogens (tertiary/aromatic N) is 3. The quantitative estimate of drug-likeness (QED) is 0.712. The number of benzene rings is 1. The average molecular weight is 240 g/mol. The molecule has 2 aromatic rings. The lowest BCUT2D eigenvalue weighted by atomic mass is 10.2. The zero-order chi connectivity index (χ0) is 12.7. The van der Waals surface area contributed by atoms with Crippen molar-refractivity contribution in [1.82, 2.24) is 4.98 Å². The predicted octanol–water partition coefficient (Wildman–Crippen LogP) is 1.68. The predicted molar refractivity (Wildman–Crippen MR) is 69.7 cm³/mol. The first-order chi connectivity index (χ1) is 8.70.